The van der Waals surface area contributed by atoms with E-state index in [9.17, 15) is 0 Å². The van der Waals surface area contributed by atoms with Crippen molar-refractivity contribution in [1.82, 2.24) is 0 Å². The van der Waals surface area contributed by atoms with Crippen LogP contribution in [0.1, 0.15) is 18.9 Å². The van der Waals surface area contributed by atoms with Gasteiger partial charge < -0.3 is 9.26 Å². The van der Waals surface area contributed by atoms with Gasteiger partial charge in [0.05, 0.1) is 11.6 Å². The molecule has 0 aromatic heterocycles. The molecule has 1 aliphatic rings. The maximum absolute atomic E-state index is 6.60. The zero-order valence-corrected chi connectivity index (χ0v) is 16.2. The largest absolute Gasteiger partial charge is 0.475 e. The molecule has 1 heterocycles. The number of hydrogen-bond donors (Lipinski definition) is 0. The summed E-state index contributed by atoms with van der Waals surface area (Å²) < 4.78 is 12.5. The van der Waals surface area contributed by atoms with Crippen LogP contribution >= 0.6 is 8.15 Å². The molecule has 3 aromatic carbocycles. The average molecular weight is 375 g/mol. The Hall–Kier alpha value is -2.64. The van der Waals surface area contributed by atoms with Gasteiger partial charge in [-0.15, -0.1) is 0 Å². The first-order valence-corrected chi connectivity index (χ1v) is 10.5. The molecular weight excluding hydrogens is 353 g/mol. The van der Waals surface area contributed by atoms with E-state index < -0.39 is 8.15 Å². The third-order valence-corrected chi connectivity index (χ3v) is 6.39. The van der Waals surface area contributed by atoms with Gasteiger partial charge in [-0.3, -0.25) is 0 Å². The van der Waals surface area contributed by atoms with Gasteiger partial charge in [0.2, 0.25) is 5.90 Å². The summed E-state index contributed by atoms with van der Waals surface area (Å²) in [4.78, 5) is 4.71. The Morgan fingerprint density at radius 3 is 2.07 bits per heavy atom. The molecule has 0 saturated heterocycles. The molecule has 0 saturated carbocycles. The lowest BCUT2D eigenvalue weighted by atomic mass is 10.2. The van der Waals surface area contributed by atoms with E-state index in [1.165, 1.54) is 10.6 Å². The van der Waals surface area contributed by atoms with Gasteiger partial charge in [0.15, 0.2) is 8.15 Å². The molecule has 27 heavy (non-hydrogen) atoms. The van der Waals surface area contributed by atoms with E-state index in [4.69, 9.17) is 14.3 Å². The maximum Gasteiger partial charge on any atom is 0.220 e. The molecule has 0 bridgehead atoms. The summed E-state index contributed by atoms with van der Waals surface area (Å²) in [5, 5.41) is 2.35. The van der Waals surface area contributed by atoms with Crippen molar-refractivity contribution >= 4 is 24.7 Å². The van der Waals surface area contributed by atoms with Crippen LogP contribution in [0.2, 0.25) is 0 Å². The highest BCUT2D eigenvalue weighted by atomic mass is 31.1. The van der Waals surface area contributed by atoms with Crippen LogP contribution in [0.15, 0.2) is 89.9 Å². The van der Waals surface area contributed by atoms with E-state index >= 15 is 0 Å². The van der Waals surface area contributed by atoms with Crippen LogP contribution in [0.5, 0.6) is 5.75 Å². The molecule has 0 amide bonds. The van der Waals surface area contributed by atoms with Gasteiger partial charge in [-0.2, -0.15) is 0 Å². The van der Waals surface area contributed by atoms with Crippen molar-refractivity contribution in [3.8, 4) is 5.75 Å². The summed E-state index contributed by atoms with van der Waals surface area (Å²) in [6, 6.07) is 29.0. The monoisotopic (exact) mass is 375 g/mol. The highest BCUT2D eigenvalue weighted by molar-refractivity contribution is 7.68. The average Bonchev–Trinajstić information content (AvgIpc) is 3.23. The fourth-order valence-electron chi connectivity index (χ4n) is 2.97. The number of ether oxygens (including phenoxy) is 1. The van der Waals surface area contributed by atoms with Gasteiger partial charge in [0, 0.05) is 10.6 Å². The molecular formula is C23H22NO2P. The Morgan fingerprint density at radius 1 is 0.889 bits per heavy atom. The Labute approximate surface area is 161 Å². The van der Waals surface area contributed by atoms with Crippen LogP contribution in [-0.4, -0.2) is 18.5 Å². The van der Waals surface area contributed by atoms with E-state index in [2.05, 4.69) is 55.5 Å². The van der Waals surface area contributed by atoms with E-state index in [1.54, 1.807) is 0 Å². The number of hydrogen-bond acceptors (Lipinski definition) is 3. The molecule has 0 aliphatic carbocycles. The van der Waals surface area contributed by atoms with E-state index in [0.29, 0.717) is 12.5 Å². The second-order valence-corrected chi connectivity index (χ2v) is 8.16. The summed E-state index contributed by atoms with van der Waals surface area (Å²) in [5.41, 5.74) is 0.924. The Bertz CT molecular complexity index is 872. The lowest BCUT2D eigenvalue weighted by Crippen LogP contribution is -2.16. The first-order chi connectivity index (χ1) is 13.3. The summed E-state index contributed by atoms with van der Waals surface area (Å²) >= 11 is 0. The zero-order valence-electron chi connectivity index (χ0n) is 15.3. The molecule has 1 atom stereocenters. The van der Waals surface area contributed by atoms with Crippen LogP contribution in [0.25, 0.3) is 0 Å². The van der Waals surface area contributed by atoms with Crippen LogP contribution in [0.4, 0.5) is 0 Å². The first kappa shape index (κ1) is 17.8. The van der Waals surface area contributed by atoms with Crippen LogP contribution in [-0.2, 0) is 4.74 Å². The summed E-state index contributed by atoms with van der Waals surface area (Å²) in [6.07, 6.45) is 0.979. The Balaban J connectivity index is 1.71. The first-order valence-electron chi connectivity index (χ1n) is 9.23. The lowest BCUT2D eigenvalue weighted by Gasteiger charge is -2.21. The predicted octanol–water partition coefficient (Wildman–Crippen LogP) is 4.67. The van der Waals surface area contributed by atoms with E-state index in [0.717, 1.165) is 17.7 Å². The van der Waals surface area contributed by atoms with Crippen molar-refractivity contribution in [1.29, 1.82) is 0 Å². The highest BCUT2D eigenvalue weighted by Gasteiger charge is 2.24. The molecule has 0 radical (unpaired) electrons. The summed E-state index contributed by atoms with van der Waals surface area (Å²) in [6.45, 7) is 2.78. The summed E-state index contributed by atoms with van der Waals surface area (Å²) in [5.74, 6) is 1.50. The van der Waals surface area contributed by atoms with Gasteiger partial charge in [-0.1, -0.05) is 79.7 Å². The molecule has 3 aromatic rings. The molecule has 4 heteroatoms. The number of nitrogens with zero attached hydrogens (tertiary/aromatic N) is 1. The van der Waals surface area contributed by atoms with Gasteiger partial charge in [-0.05, 0) is 18.6 Å². The fourth-order valence-corrected chi connectivity index (χ4v) is 4.73. The topological polar surface area (TPSA) is 30.8 Å². The van der Waals surface area contributed by atoms with Gasteiger partial charge in [0.1, 0.15) is 12.4 Å². The molecule has 4 rings (SSSR count). The molecule has 3 nitrogen and oxygen atoms in total. The smallest absolute Gasteiger partial charge is 0.220 e. The van der Waals surface area contributed by atoms with Crippen molar-refractivity contribution in [3.63, 3.8) is 0 Å². The van der Waals surface area contributed by atoms with Crippen molar-refractivity contribution in [2.45, 2.75) is 19.4 Å². The van der Waals surface area contributed by atoms with E-state index in [1.807, 2.05) is 36.4 Å². The molecule has 0 spiro atoms. The van der Waals surface area contributed by atoms with Crippen LogP contribution < -0.4 is 15.1 Å². The number of benzene rings is 3. The van der Waals surface area contributed by atoms with Crippen molar-refractivity contribution in [3.05, 3.63) is 90.5 Å². The third kappa shape index (κ3) is 4.04. The Kier molecular flexibility index (Phi) is 5.50. The molecule has 136 valence electrons. The molecule has 0 N–H and O–H groups in total. The van der Waals surface area contributed by atoms with Crippen LogP contribution in [0, 0.1) is 0 Å². The third-order valence-electron chi connectivity index (χ3n) is 4.47. The second kappa shape index (κ2) is 8.37. The normalized spacial score (nSPS) is 16.1. The van der Waals surface area contributed by atoms with E-state index in [-0.39, 0.29) is 6.04 Å². The molecule has 0 unspecified atom stereocenters. The predicted molar refractivity (Wildman–Crippen MR) is 113 cm³/mol. The summed E-state index contributed by atoms with van der Waals surface area (Å²) in [7, 11) is -0.983. The lowest BCUT2D eigenvalue weighted by molar-refractivity contribution is 0.314. The zero-order chi connectivity index (χ0) is 18.5. The van der Waals surface area contributed by atoms with Gasteiger partial charge >= 0.3 is 0 Å². The Morgan fingerprint density at radius 2 is 1.48 bits per heavy atom. The minimum Gasteiger partial charge on any atom is -0.475 e. The number of aliphatic imine (C=N–C) groups is 1. The number of rotatable bonds is 6. The van der Waals surface area contributed by atoms with Crippen LogP contribution in [0.3, 0.4) is 0 Å². The minimum atomic E-state index is -0.983. The van der Waals surface area contributed by atoms with Gasteiger partial charge in [0.25, 0.3) is 0 Å². The van der Waals surface area contributed by atoms with Gasteiger partial charge in [-0.25, -0.2) is 4.99 Å². The fraction of sp³-hybridized carbons (Fsp3) is 0.174. The maximum atomic E-state index is 6.60. The molecule has 0 fully saturated rings. The van der Waals surface area contributed by atoms with Crippen molar-refractivity contribution in [2.24, 2.45) is 4.99 Å². The minimum absolute atomic E-state index is 0.234. The second-order valence-electron chi connectivity index (χ2n) is 6.36. The molecule has 1 aliphatic heterocycles. The quantitative estimate of drug-likeness (QED) is 0.586. The highest BCUT2D eigenvalue weighted by Crippen LogP contribution is 2.38. The SMILES string of the molecule is CC[C@H]1COC(c2ccccc2OP(c2ccccc2)c2ccccc2)=N1. The standard InChI is InChI=1S/C23H22NO2P/c1-2-18-17-25-23(24-18)21-15-9-10-16-22(21)26-27(19-11-5-3-6-12-19)20-13-7-4-8-14-20/h3-16,18H,2,17H2,1H3/t18-/m0/s1. The number of para-hydroxylation sites is 1. The van der Waals surface area contributed by atoms with Crippen molar-refractivity contribution in [2.75, 3.05) is 6.61 Å². The van der Waals surface area contributed by atoms with Crippen molar-refractivity contribution < 1.29 is 9.26 Å².